The average Bonchev–Trinajstić information content (AvgIpc) is 2.71. The minimum absolute atomic E-state index is 0.161. The summed E-state index contributed by atoms with van der Waals surface area (Å²) in [7, 11) is -2.37. The largest absolute Gasteiger partial charge is 0.492 e. The van der Waals surface area contributed by atoms with Gasteiger partial charge in [0.05, 0.1) is 18.0 Å². The second kappa shape index (κ2) is 9.07. The first-order valence-corrected chi connectivity index (χ1v) is 10.7. The van der Waals surface area contributed by atoms with Gasteiger partial charge in [-0.2, -0.15) is 4.31 Å². The van der Waals surface area contributed by atoms with Gasteiger partial charge in [-0.15, -0.1) is 0 Å². The maximum Gasteiger partial charge on any atom is 0.243 e. The maximum atomic E-state index is 12.8. The number of rotatable bonds is 8. The number of carbonyl (C=O) groups is 1. The summed E-state index contributed by atoms with van der Waals surface area (Å²) in [4.78, 5) is 12.3. The summed E-state index contributed by atoms with van der Waals surface area (Å²) in [6.45, 7) is 2.30. The Bertz CT molecular complexity index is 1110. The molecule has 3 rings (SSSR count). The first-order valence-electron chi connectivity index (χ1n) is 9.27. The number of aryl methyl sites for hydroxylation is 1. The molecule has 6 nitrogen and oxygen atoms in total. The van der Waals surface area contributed by atoms with Crippen LogP contribution in [0.1, 0.15) is 5.56 Å². The predicted molar refractivity (Wildman–Crippen MR) is 113 cm³/mol. The number of hydrogen-bond acceptors (Lipinski definition) is 4. The lowest BCUT2D eigenvalue weighted by atomic mass is 10.1. The highest BCUT2D eigenvalue weighted by molar-refractivity contribution is 7.89. The van der Waals surface area contributed by atoms with Crippen LogP contribution in [0.4, 0.5) is 0 Å². The molecule has 29 heavy (non-hydrogen) atoms. The van der Waals surface area contributed by atoms with Crippen LogP contribution in [0.15, 0.2) is 71.6 Å². The molecule has 3 aromatic carbocycles. The van der Waals surface area contributed by atoms with Crippen molar-refractivity contribution in [2.75, 3.05) is 26.7 Å². The van der Waals surface area contributed by atoms with E-state index in [-0.39, 0.29) is 23.9 Å². The molecule has 0 fully saturated rings. The molecule has 0 saturated heterocycles. The molecule has 0 aromatic heterocycles. The Hall–Kier alpha value is -2.90. The van der Waals surface area contributed by atoms with E-state index in [0.717, 1.165) is 26.4 Å². The molecule has 0 saturated carbocycles. The van der Waals surface area contributed by atoms with Crippen molar-refractivity contribution in [3.05, 3.63) is 72.3 Å². The van der Waals surface area contributed by atoms with Crippen molar-refractivity contribution < 1.29 is 17.9 Å². The summed E-state index contributed by atoms with van der Waals surface area (Å²) in [6.07, 6.45) is 0. The molecule has 0 spiro atoms. The molecule has 0 heterocycles. The summed E-state index contributed by atoms with van der Waals surface area (Å²) in [6, 6.07) is 20.1. The first kappa shape index (κ1) is 20.8. The number of nitrogens with zero attached hydrogens (tertiary/aromatic N) is 1. The topological polar surface area (TPSA) is 75.7 Å². The zero-order valence-corrected chi connectivity index (χ0v) is 17.3. The lowest BCUT2D eigenvalue weighted by Gasteiger charge is -2.17. The molecular weight excluding hydrogens is 388 g/mol. The number of likely N-dealkylation sites (N-methyl/N-ethyl adjacent to an activating group) is 1. The molecule has 0 bridgehead atoms. The van der Waals surface area contributed by atoms with Crippen molar-refractivity contribution in [2.24, 2.45) is 0 Å². The summed E-state index contributed by atoms with van der Waals surface area (Å²) in [5.41, 5.74) is 1.09. The molecule has 3 aromatic rings. The fourth-order valence-corrected chi connectivity index (χ4v) is 4.08. The Morgan fingerprint density at radius 1 is 1.00 bits per heavy atom. The monoisotopic (exact) mass is 412 g/mol. The minimum Gasteiger partial charge on any atom is -0.492 e. The van der Waals surface area contributed by atoms with Crippen LogP contribution in [0.5, 0.6) is 5.75 Å². The quantitative estimate of drug-likeness (QED) is 0.577. The smallest absolute Gasteiger partial charge is 0.243 e. The highest BCUT2D eigenvalue weighted by Crippen LogP contribution is 2.21. The Balaban J connectivity index is 1.53. The highest BCUT2D eigenvalue weighted by Gasteiger charge is 2.23. The average molecular weight is 413 g/mol. The van der Waals surface area contributed by atoms with E-state index in [0.29, 0.717) is 6.61 Å². The van der Waals surface area contributed by atoms with Gasteiger partial charge in [0.15, 0.2) is 0 Å². The van der Waals surface area contributed by atoms with Crippen LogP contribution in [-0.4, -0.2) is 45.4 Å². The maximum absolute atomic E-state index is 12.8. The summed E-state index contributed by atoms with van der Waals surface area (Å²) < 4.78 is 32.2. The second-order valence-electron chi connectivity index (χ2n) is 6.78. The zero-order chi connectivity index (χ0) is 20.9. The van der Waals surface area contributed by atoms with Gasteiger partial charge in [-0.05, 0) is 47.5 Å². The third kappa shape index (κ3) is 5.34. The van der Waals surface area contributed by atoms with Gasteiger partial charge in [0.1, 0.15) is 12.4 Å². The molecule has 0 aliphatic carbocycles. The van der Waals surface area contributed by atoms with Crippen molar-refractivity contribution in [3.8, 4) is 5.75 Å². The Kier molecular flexibility index (Phi) is 6.51. The van der Waals surface area contributed by atoms with Gasteiger partial charge in [-0.1, -0.05) is 42.5 Å². The zero-order valence-electron chi connectivity index (χ0n) is 16.5. The number of ether oxygens (including phenoxy) is 1. The molecule has 7 heteroatoms. The van der Waals surface area contributed by atoms with Crippen molar-refractivity contribution in [1.82, 2.24) is 9.62 Å². The normalized spacial score (nSPS) is 11.6. The lowest BCUT2D eigenvalue weighted by molar-refractivity contribution is -0.121. The van der Waals surface area contributed by atoms with Gasteiger partial charge in [-0.3, -0.25) is 4.79 Å². The third-order valence-electron chi connectivity index (χ3n) is 4.48. The van der Waals surface area contributed by atoms with E-state index >= 15 is 0 Å². The van der Waals surface area contributed by atoms with Crippen LogP contribution in [0.25, 0.3) is 10.8 Å². The van der Waals surface area contributed by atoms with E-state index in [1.54, 1.807) is 18.2 Å². The number of nitrogens with one attached hydrogen (secondary N) is 1. The van der Waals surface area contributed by atoms with Crippen LogP contribution in [0.3, 0.4) is 0 Å². The van der Waals surface area contributed by atoms with E-state index in [1.807, 2.05) is 55.5 Å². The van der Waals surface area contributed by atoms with E-state index in [1.165, 1.54) is 7.05 Å². The van der Waals surface area contributed by atoms with E-state index < -0.39 is 10.0 Å². The summed E-state index contributed by atoms with van der Waals surface area (Å²) in [5, 5.41) is 4.47. The van der Waals surface area contributed by atoms with Gasteiger partial charge in [0.25, 0.3) is 0 Å². The van der Waals surface area contributed by atoms with Gasteiger partial charge in [0, 0.05) is 7.05 Å². The van der Waals surface area contributed by atoms with Crippen molar-refractivity contribution >= 4 is 26.7 Å². The fourth-order valence-electron chi connectivity index (χ4n) is 2.92. The number of sulfonamides is 1. The van der Waals surface area contributed by atoms with Crippen LogP contribution in [-0.2, 0) is 14.8 Å². The molecule has 0 radical (unpaired) electrons. The molecule has 0 atom stereocenters. The third-order valence-corrected chi connectivity index (χ3v) is 6.28. The lowest BCUT2D eigenvalue weighted by Crippen LogP contribution is -2.39. The number of hydrogen-bond donors (Lipinski definition) is 1. The number of amides is 1. The van der Waals surface area contributed by atoms with E-state index in [9.17, 15) is 13.2 Å². The molecule has 0 aliphatic rings. The predicted octanol–water partition coefficient (Wildman–Crippen LogP) is 2.96. The molecule has 0 unspecified atom stereocenters. The van der Waals surface area contributed by atoms with Crippen LogP contribution >= 0.6 is 0 Å². The highest BCUT2D eigenvalue weighted by atomic mass is 32.2. The molecule has 1 N–H and O–H groups in total. The molecule has 152 valence electrons. The SMILES string of the molecule is Cc1cccc(OCCNC(=O)CN(C)S(=O)(=O)c2ccc3ccccc3c2)c1. The van der Waals surface area contributed by atoms with Crippen molar-refractivity contribution in [2.45, 2.75) is 11.8 Å². The van der Waals surface area contributed by atoms with Gasteiger partial charge >= 0.3 is 0 Å². The standard InChI is InChI=1S/C22H24N2O4S/c1-17-6-5-9-20(14-17)28-13-12-23-22(25)16-24(2)29(26,27)21-11-10-18-7-3-4-8-19(18)15-21/h3-11,14-15H,12-13,16H2,1-2H3,(H,23,25). The van der Waals surface area contributed by atoms with Crippen molar-refractivity contribution in [3.63, 3.8) is 0 Å². The number of carbonyl (C=O) groups excluding carboxylic acids is 1. The van der Waals surface area contributed by atoms with Crippen LogP contribution in [0.2, 0.25) is 0 Å². The second-order valence-corrected chi connectivity index (χ2v) is 8.83. The van der Waals surface area contributed by atoms with Gasteiger partial charge in [-0.25, -0.2) is 8.42 Å². The van der Waals surface area contributed by atoms with E-state index in [4.69, 9.17) is 4.74 Å². The van der Waals surface area contributed by atoms with E-state index in [2.05, 4.69) is 5.32 Å². The Morgan fingerprint density at radius 2 is 1.76 bits per heavy atom. The Morgan fingerprint density at radius 3 is 2.52 bits per heavy atom. The fraction of sp³-hybridized carbons (Fsp3) is 0.227. The van der Waals surface area contributed by atoms with Gasteiger partial charge in [0.2, 0.25) is 15.9 Å². The van der Waals surface area contributed by atoms with Crippen LogP contribution in [0, 0.1) is 6.92 Å². The molecular formula is C22H24N2O4S. The van der Waals surface area contributed by atoms with Crippen molar-refractivity contribution in [1.29, 1.82) is 0 Å². The number of fused-ring (bicyclic) bond motifs is 1. The summed E-state index contributed by atoms with van der Waals surface area (Å²) in [5.74, 6) is 0.347. The molecule has 0 aliphatic heterocycles. The number of benzene rings is 3. The van der Waals surface area contributed by atoms with Crippen LogP contribution < -0.4 is 10.1 Å². The first-order chi connectivity index (χ1) is 13.9. The van der Waals surface area contributed by atoms with Gasteiger partial charge < -0.3 is 10.1 Å². The molecule has 1 amide bonds. The summed E-state index contributed by atoms with van der Waals surface area (Å²) >= 11 is 0. The minimum atomic E-state index is -3.76. The Labute approximate surface area is 171 Å².